The van der Waals surface area contributed by atoms with E-state index in [4.69, 9.17) is 20.9 Å². The summed E-state index contributed by atoms with van der Waals surface area (Å²) in [5.41, 5.74) is -0.661. The monoisotopic (exact) mass is 601 g/mol. The van der Waals surface area contributed by atoms with Crippen LogP contribution < -0.4 is 14.4 Å². The summed E-state index contributed by atoms with van der Waals surface area (Å²) in [5.74, 6) is 1.37. The van der Waals surface area contributed by atoms with Gasteiger partial charge in [-0.3, -0.25) is 4.90 Å². The number of piperidine rings is 1. The van der Waals surface area contributed by atoms with Crippen LogP contribution in [0.15, 0.2) is 24.3 Å². The highest BCUT2D eigenvalue weighted by atomic mass is 19.1. The standard InChI is InChI=1S/C33H30F3N5O3/c1-2-22-24(35)8-7-18-12-21(42)13-23(25(18)22)28-27(36)29-26-30(41-11-4-3-6-20(41)16-43-31(26)37-28)39-32(38-29)44-17-33-9-5-10-40(33)15-19(34)14-33/h1,7-8,12-13,19-20,42H,3-6,9-11,14-17H2/t19-,20+,33+/m1/s1. The molecule has 8 nitrogen and oxygen atoms in total. The molecule has 3 saturated heterocycles. The minimum Gasteiger partial charge on any atom is -0.508 e. The summed E-state index contributed by atoms with van der Waals surface area (Å²) in [6.07, 6.45) is 9.73. The molecule has 8 rings (SSSR count). The zero-order valence-electron chi connectivity index (χ0n) is 24.0. The molecule has 0 bridgehead atoms. The van der Waals surface area contributed by atoms with Gasteiger partial charge < -0.3 is 19.5 Å². The quantitative estimate of drug-likeness (QED) is 0.307. The van der Waals surface area contributed by atoms with Gasteiger partial charge in [0.2, 0.25) is 5.88 Å². The molecular formula is C33H30F3N5O3. The Hall–Kier alpha value is -4.30. The number of hydrogen-bond donors (Lipinski definition) is 1. The highest BCUT2D eigenvalue weighted by Gasteiger charge is 2.49. The highest BCUT2D eigenvalue weighted by molar-refractivity contribution is 6.04. The van der Waals surface area contributed by atoms with E-state index in [0.717, 1.165) is 38.6 Å². The minimum absolute atomic E-state index is 0.00908. The van der Waals surface area contributed by atoms with Crippen molar-refractivity contribution in [3.63, 3.8) is 0 Å². The van der Waals surface area contributed by atoms with Gasteiger partial charge in [0.05, 0.1) is 17.1 Å². The molecule has 4 aliphatic heterocycles. The Labute approximate surface area is 251 Å². The molecule has 0 unspecified atom stereocenters. The average Bonchev–Trinajstić information content (AvgIpc) is 3.49. The van der Waals surface area contributed by atoms with E-state index in [1.54, 1.807) is 0 Å². The molecule has 0 aliphatic carbocycles. The molecular weight excluding hydrogens is 571 g/mol. The molecule has 11 heteroatoms. The Bertz CT molecular complexity index is 1880. The molecule has 0 saturated carbocycles. The van der Waals surface area contributed by atoms with Gasteiger partial charge in [0, 0.05) is 30.5 Å². The summed E-state index contributed by atoms with van der Waals surface area (Å²) in [4.78, 5) is 18.2. The lowest BCUT2D eigenvalue weighted by Gasteiger charge is -2.35. The number of aromatic hydroxyl groups is 1. The van der Waals surface area contributed by atoms with Gasteiger partial charge in [-0.05, 0) is 62.2 Å². The number of aromatic nitrogens is 3. The summed E-state index contributed by atoms with van der Waals surface area (Å²) in [6.45, 7) is 2.38. The number of terminal acetylenes is 1. The van der Waals surface area contributed by atoms with Crippen LogP contribution in [0.4, 0.5) is 19.0 Å². The van der Waals surface area contributed by atoms with Crippen LogP contribution in [0.3, 0.4) is 0 Å². The molecule has 44 heavy (non-hydrogen) atoms. The Morgan fingerprint density at radius 2 is 2.00 bits per heavy atom. The number of fused-ring (bicyclic) bond motifs is 4. The molecule has 2 aromatic heterocycles. The van der Waals surface area contributed by atoms with Crippen LogP contribution in [-0.4, -0.2) is 75.6 Å². The second-order valence-corrected chi connectivity index (χ2v) is 12.3. The summed E-state index contributed by atoms with van der Waals surface area (Å²) in [6, 6.07) is 5.41. The third-order valence-electron chi connectivity index (χ3n) is 9.71. The van der Waals surface area contributed by atoms with Crippen molar-refractivity contribution in [1.82, 2.24) is 19.9 Å². The van der Waals surface area contributed by atoms with Crippen LogP contribution in [0, 0.1) is 24.0 Å². The van der Waals surface area contributed by atoms with E-state index in [-0.39, 0.29) is 58.0 Å². The summed E-state index contributed by atoms with van der Waals surface area (Å²) in [5, 5.41) is 11.6. The van der Waals surface area contributed by atoms with E-state index < -0.39 is 23.3 Å². The number of nitrogens with zero attached hydrogens (tertiary/aromatic N) is 5. The molecule has 226 valence electrons. The Morgan fingerprint density at radius 3 is 2.86 bits per heavy atom. The fourth-order valence-corrected chi connectivity index (χ4v) is 7.69. The maximum atomic E-state index is 16.8. The van der Waals surface area contributed by atoms with Gasteiger partial charge in [0.1, 0.15) is 53.4 Å². The Balaban J connectivity index is 1.33. The number of rotatable bonds is 4. The molecule has 3 fully saturated rings. The zero-order chi connectivity index (χ0) is 30.2. The van der Waals surface area contributed by atoms with E-state index >= 15 is 4.39 Å². The molecule has 0 radical (unpaired) electrons. The molecule has 2 aromatic carbocycles. The first kappa shape index (κ1) is 27.3. The van der Waals surface area contributed by atoms with Gasteiger partial charge in [-0.1, -0.05) is 12.0 Å². The number of hydrogen-bond acceptors (Lipinski definition) is 8. The van der Waals surface area contributed by atoms with Crippen molar-refractivity contribution in [1.29, 1.82) is 0 Å². The van der Waals surface area contributed by atoms with Crippen molar-refractivity contribution >= 4 is 27.5 Å². The lowest BCUT2D eigenvalue weighted by atomic mass is 9.95. The molecule has 3 atom stereocenters. The smallest absolute Gasteiger partial charge is 0.319 e. The fraction of sp³-hybridized carbons (Fsp3) is 0.424. The number of halogens is 3. The zero-order valence-corrected chi connectivity index (χ0v) is 24.0. The SMILES string of the molecule is C#Cc1c(F)ccc2cc(O)cc(-c3nc4c5c(nc(OC[C@@]67CCCN6C[C@H](F)C7)nc5c3F)N3CCCC[C@H]3CO4)c12. The summed E-state index contributed by atoms with van der Waals surface area (Å²) >= 11 is 0. The fourth-order valence-electron chi connectivity index (χ4n) is 7.69. The van der Waals surface area contributed by atoms with Crippen LogP contribution in [0.1, 0.15) is 44.1 Å². The number of phenols is 1. The third-order valence-corrected chi connectivity index (χ3v) is 9.71. The summed E-state index contributed by atoms with van der Waals surface area (Å²) in [7, 11) is 0. The molecule has 0 spiro atoms. The van der Waals surface area contributed by atoms with E-state index in [1.165, 1.54) is 24.3 Å². The number of phenolic OH excluding ortho intramolecular Hbond substituents is 1. The average molecular weight is 602 g/mol. The first-order chi connectivity index (χ1) is 21.3. The number of ether oxygens (including phenoxy) is 2. The van der Waals surface area contributed by atoms with E-state index in [1.807, 2.05) is 0 Å². The number of anilines is 1. The van der Waals surface area contributed by atoms with Crippen molar-refractivity contribution in [2.75, 3.05) is 37.7 Å². The topological polar surface area (TPSA) is 83.8 Å². The van der Waals surface area contributed by atoms with Gasteiger partial charge in [-0.2, -0.15) is 9.97 Å². The lowest BCUT2D eigenvalue weighted by Crippen LogP contribution is -2.44. The first-order valence-corrected chi connectivity index (χ1v) is 15.1. The van der Waals surface area contributed by atoms with E-state index in [0.29, 0.717) is 42.7 Å². The lowest BCUT2D eigenvalue weighted by molar-refractivity contribution is 0.107. The third kappa shape index (κ3) is 4.14. The number of pyridine rings is 1. The van der Waals surface area contributed by atoms with E-state index in [9.17, 15) is 13.9 Å². The van der Waals surface area contributed by atoms with Gasteiger partial charge in [-0.15, -0.1) is 6.42 Å². The summed E-state index contributed by atoms with van der Waals surface area (Å²) < 4.78 is 58.6. The van der Waals surface area contributed by atoms with Gasteiger partial charge in [0.25, 0.3) is 0 Å². The van der Waals surface area contributed by atoms with Gasteiger partial charge in [-0.25, -0.2) is 18.2 Å². The number of alkyl halides is 1. The molecule has 4 aromatic rings. The molecule has 6 heterocycles. The maximum absolute atomic E-state index is 16.8. The van der Waals surface area contributed by atoms with Gasteiger partial charge >= 0.3 is 6.01 Å². The number of benzene rings is 2. The molecule has 1 N–H and O–H groups in total. The van der Waals surface area contributed by atoms with Crippen molar-refractivity contribution in [3.8, 4) is 41.2 Å². The van der Waals surface area contributed by atoms with Crippen LogP contribution in [0.2, 0.25) is 0 Å². The van der Waals surface area contributed by atoms with Gasteiger partial charge in [0.15, 0.2) is 5.82 Å². The highest BCUT2D eigenvalue weighted by Crippen LogP contribution is 2.45. The van der Waals surface area contributed by atoms with Crippen molar-refractivity contribution in [2.45, 2.75) is 56.3 Å². The van der Waals surface area contributed by atoms with Crippen LogP contribution in [0.25, 0.3) is 32.9 Å². The van der Waals surface area contributed by atoms with Crippen molar-refractivity contribution in [3.05, 3.63) is 41.5 Å². The van der Waals surface area contributed by atoms with Crippen LogP contribution in [-0.2, 0) is 0 Å². The van der Waals surface area contributed by atoms with E-state index in [2.05, 4.69) is 25.7 Å². The molecule has 4 aliphatic rings. The predicted octanol–water partition coefficient (Wildman–Crippen LogP) is 5.52. The van der Waals surface area contributed by atoms with Crippen molar-refractivity contribution in [2.24, 2.45) is 0 Å². The molecule has 0 amide bonds. The maximum Gasteiger partial charge on any atom is 0.319 e. The second-order valence-electron chi connectivity index (χ2n) is 12.3. The van der Waals surface area contributed by atoms with Crippen LogP contribution in [0.5, 0.6) is 17.6 Å². The first-order valence-electron chi connectivity index (χ1n) is 15.1. The van der Waals surface area contributed by atoms with Crippen molar-refractivity contribution < 1.29 is 27.8 Å². The Morgan fingerprint density at radius 1 is 1.11 bits per heavy atom. The Kier molecular flexibility index (Phi) is 6.27. The second kappa shape index (κ2) is 10.1. The predicted molar refractivity (Wildman–Crippen MR) is 159 cm³/mol. The largest absolute Gasteiger partial charge is 0.508 e. The normalized spacial score (nSPS) is 24.5. The minimum atomic E-state index is -0.921. The van der Waals surface area contributed by atoms with Crippen LogP contribution >= 0.6 is 0 Å².